The summed E-state index contributed by atoms with van der Waals surface area (Å²) in [5.74, 6) is 1.21. The molecule has 2 aromatic rings. The summed E-state index contributed by atoms with van der Waals surface area (Å²) in [6.45, 7) is 6.67. The molecule has 0 bridgehead atoms. The number of fused-ring (bicyclic) bond motifs is 1. The minimum Gasteiger partial charge on any atom is -0.497 e. The molecule has 0 saturated carbocycles. The fourth-order valence-electron chi connectivity index (χ4n) is 5.20. The van der Waals surface area contributed by atoms with Crippen LogP contribution in [0.2, 0.25) is 0 Å². The SMILES string of the molecule is COc1cccc(OCC(=O)N2CCCN(C3CCOCC3)CCCN(C(C)=O)c3ccccc3C2)c1. The quantitative estimate of drug-likeness (QED) is 0.612. The second-order valence-corrected chi connectivity index (χ2v) is 9.67. The Morgan fingerprint density at radius 3 is 2.43 bits per heavy atom. The number of ether oxygens (including phenoxy) is 3. The van der Waals surface area contributed by atoms with Gasteiger partial charge in [-0.15, -0.1) is 0 Å². The lowest BCUT2D eigenvalue weighted by Crippen LogP contribution is -2.44. The number of benzene rings is 2. The van der Waals surface area contributed by atoms with Gasteiger partial charge in [0, 0.05) is 70.7 Å². The first-order valence-electron chi connectivity index (χ1n) is 13.3. The Bertz CT molecular complexity index is 1040. The molecule has 2 aromatic carbocycles. The van der Waals surface area contributed by atoms with E-state index >= 15 is 0 Å². The minimum absolute atomic E-state index is 0.0151. The van der Waals surface area contributed by atoms with Crippen molar-refractivity contribution in [3.63, 3.8) is 0 Å². The van der Waals surface area contributed by atoms with Crippen LogP contribution in [0.5, 0.6) is 11.5 Å². The summed E-state index contributed by atoms with van der Waals surface area (Å²) in [6.07, 6.45) is 3.83. The molecule has 4 rings (SSSR count). The maximum Gasteiger partial charge on any atom is 0.260 e. The first-order valence-corrected chi connectivity index (χ1v) is 13.3. The first-order chi connectivity index (χ1) is 18.0. The molecule has 200 valence electrons. The molecule has 2 aliphatic heterocycles. The zero-order chi connectivity index (χ0) is 26.0. The molecular formula is C29H39N3O5. The molecule has 0 aliphatic carbocycles. The van der Waals surface area contributed by atoms with E-state index < -0.39 is 0 Å². The van der Waals surface area contributed by atoms with Crippen molar-refractivity contribution in [2.75, 3.05) is 58.0 Å². The van der Waals surface area contributed by atoms with E-state index in [1.807, 2.05) is 52.3 Å². The molecule has 0 aromatic heterocycles. The molecule has 2 heterocycles. The molecular weight excluding hydrogens is 470 g/mol. The van der Waals surface area contributed by atoms with Gasteiger partial charge >= 0.3 is 0 Å². The third-order valence-corrected chi connectivity index (χ3v) is 7.19. The normalized spacial score (nSPS) is 18.3. The van der Waals surface area contributed by atoms with Crippen LogP contribution in [0.25, 0.3) is 0 Å². The van der Waals surface area contributed by atoms with Crippen molar-refractivity contribution in [1.29, 1.82) is 0 Å². The lowest BCUT2D eigenvalue weighted by atomic mass is 10.1. The molecule has 0 radical (unpaired) electrons. The highest BCUT2D eigenvalue weighted by molar-refractivity contribution is 5.92. The fourth-order valence-corrected chi connectivity index (χ4v) is 5.20. The van der Waals surface area contributed by atoms with Gasteiger partial charge in [0.15, 0.2) is 6.61 Å². The lowest BCUT2D eigenvalue weighted by molar-refractivity contribution is -0.134. The van der Waals surface area contributed by atoms with Gasteiger partial charge in [-0.1, -0.05) is 24.3 Å². The second kappa shape index (κ2) is 13.4. The molecule has 1 saturated heterocycles. The summed E-state index contributed by atoms with van der Waals surface area (Å²) < 4.78 is 16.7. The van der Waals surface area contributed by atoms with Gasteiger partial charge in [0.25, 0.3) is 5.91 Å². The molecule has 2 aliphatic rings. The smallest absolute Gasteiger partial charge is 0.260 e. The van der Waals surface area contributed by atoms with E-state index in [0.717, 1.165) is 63.2 Å². The first kappa shape index (κ1) is 26.9. The van der Waals surface area contributed by atoms with Crippen LogP contribution in [-0.4, -0.2) is 80.8 Å². The second-order valence-electron chi connectivity index (χ2n) is 9.67. The Balaban J connectivity index is 1.54. The zero-order valence-corrected chi connectivity index (χ0v) is 22.1. The van der Waals surface area contributed by atoms with Crippen LogP contribution in [0.4, 0.5) is 5.69 Å². The maximum absolute atomic E-state index is 13.4. The average molecular weight is 510 g/mol. The average Bonchev–Trinajstić information content (AvgIpc) is 2.92. The number of carbonyl (C=O) groups excluding carboxylic acids is 2. The van der Waals surface area contributed by atoms with Crippen LogP contribution in [0.1, 0.15) is 38.2 Å². The predicted octanol–water partition coefficient (Wildman–Crippen LogP) is 3.73. The van der Waals surface area contributed by atoms with Crippen molar-refractivity contribution in [2.45, 2.75) is 45.2 Å². The highest BCUT2D eigenvalue weighted by atomic mass is 16.5. The van der Waals surface area contributed by atoms with Crippen molar-refractivity contribution < 1.29 is 23.8 Å². The van der Waals surface area contributed by atoms with Gasteiger partial charge in [-0.3, -0.25) is 9.59 Å². The summed E-state index contributed by atoms with van der Waals surface area (Å²) in [5.41, 5.74) is 1.84. The molecule has 1 fully saturated rings. The number of methoxy groups -OCH3 is 1. The highest BCUT2D eigenvalue weighted by Crippen LogP contribution is 2.25. The Morgan fingerprint density at radius 2 is 1.68 bits per heavy atom. The monoisotopic (exact) mass is 509 g/mol. The van der Waals surface area contributed by atoms with Crippen LogP contribution >= 0.6 is 0 Å². The van der Waals surface area contributed by atoms with Crippen molar-refractivity contribution in [1.82, 2.24) is 9.80 Å². The Hall–Kier alpha value is -3.10. The van der Waals surface area contributed by atoms with E-state index in [-0.39, 0.29) is 18.4 Å². The number of hydrogen-bond acceptors (Lipinski definition) is 6. The Kier molecular flexibility index (Phi) is 9.79. The van der Waals surface area contributed by atoms with Gasteiger partial charge in [-0.2, -0.15) is 0 Å². The van der Waals surface area contributed by atoms with Crippen molar-refractivity contribution >= 4 is 17.5 Å². The number of carbonyl (C=O) groups is 2. The van der Waals surface area contributed by atoms with Gasteiger partial charge in [0.1, 0.15) is 11.5 Å². The summed E-state index contributed by atoms with van der Waals surface area (Å²) in [7, 11) is 1.60. The third kappa shape index (κ3) is 7.46. The number of hydrogen-bond donors (Lipinski definition) is 0. The van der Waals surface area contributed by atoms with E-state index in [1.165, 1.54) is 0 Å². The van der Waals surface area contributed by atoms with Crippen LogP contribution in [0.3, 0.4) is 0 Å². The molecule has 0 unspecified atom stereocenters. The number of para-hydroxylation sites is 1. The fraction of sp³-hybridized carbons (Fsp3) is 0.517. The van der Waals surface area contributed by atoms with Crippen LogP contribution < -0.4 is 14.4 Å². The number of amides is 2. The van der Waals surface area contributed by atoms with Crippen LogP contribution in [-0.2, 0) is 20.9 Å². The van der Waals surface area contributed by atoms with Gasteiger partial charge in [0.2, 0.25) is 5.91 Å². The number of anilines is 1. The van der Waals surface area contributed by atoms with E-state index in [9.17, 15) is 9.59 Å². The van der Waals surface area contributed by atoms with E-state index in [2.05, 4.69) is 4.90 Å². The van der Waals surface area contributed by atoms with Crippen molar-refractivity contribution in [2.24, 2.45) is 0 Å². The lowest BCUT2D eigenvalue weighted by Gasteiger charge is -2.36. The third-order valence-electron chi connectivity index (χ3n) is 7.19. The van der Waals surface area contributed by atoms with Gasteiger partial charge in [-0.05, 0) is 49.4 Å². The molecule has 8 heteroatoms. The summed E-state index contributed by atoms with van der Waals surface area (Å²) in [5, 5.41) is 0. The standard InChI is InChI=1S/C29H39N3O5/c1-23(33)32-17-7-15-30(25-12-18-36-19-13-25)14-6-16-31(21-24-8-3-4-11-28(24)32)29(34)22-37-27-10-5-9-26(20-27)35-2/h3-5,8-11,20,25H,6-7,12-19,21-22H2,1-2H3. The molecule has 8 nitrogen and oxygen atoms in total. The Labute approximate surface area is 220 Å². The molecule has 37 heavy (non-hydrogen) atoms. The highest BCUT2D eigenvalue weighted by Gasteiger charge is 2.25. The molecule has 0 spiro atoms. The summed E-state index contributed by atoms with van der Waals surface area (Å²) in [4.78, 5) is 32.3. The van der Waals surface area contributed by atoms with Gasteiger partial charge in [-0.25, -0.2) is 0 Å². The van der Waals surface area contributed by atoms with Gasteiger partial charge < -0.3 is 28.9 Å². The number of nitrogens with zero attached hydrogens (tertiary/aromatic N) is 3. The molecule has 2 amide bonds. The predicted molar refractivity (Wildman–Crippen MR) is 143 cm³/mol. The number of rotatable bonds is 5. The molecule has 0 atom stereocenters. The summed E-state index contributed by atoms with van der Waals surface area (Å²) >= 11 is 0. The van der Waals surface area contributed by atoms with E-state index in [1.54, 1.807) is 20.1 Å². The van der Waals surface area contributed by atoms with E-state index in [4.69, 9.17) is 14.2 Å². The van der Waals surface area contributed by atoms with E-state index in [0.29, 0.717) is 37.2 Å². The van der Waals surface area contributed by atoms with Crippen LogP contribution in [0.15, 0.2) is 48.5 Å². The van der Waals surface area contributed by atoms with Gasteiger partial charge in [0.05, 0.1) is 7.11 Å². The topological polar surface area (TPSA) is 71.6 Å². The minimum atomic E-state index is -0.0818. The Morgan fingerprint density at radius 1 is 0.946 bits per heavy atom. The molecule has 0 N–H and O–H groups in total. The largest absolute Gasteiger partial charge is 0.497 e. The van der Waals surface area contributed by atoms with Crippen molar-refractivity contribution in [3.8, 4) is 11.5 Å². The maximum atomic E-state index is 13.4. The van der Waals surface area contributed by atoms with Crippen LogP contribution in [0, 0.1) is 0 Å². The van der Waals surface area contributed by atoms with Crippen molar-refractivity contribution in [3.05, 3.63) is 54.1 Å². The summed E-state index contributed by atoms with van der Waals surface area (Å²) in [6, 6.07) is 15.7. The zero-order valence-electron chi connectivity index (χ0n) is 22.1.